The lowest BCUT2D eigenvalue weighted by Gasteiger charge is -2.20. The van der Waals surface area contributed by atoms with Crippen LogP contribution in [-0.4, -0.2) is 22.6 Å². The van der Waals surface area contributed by atoms with Gasteiger partial charge >= 0.3 is 0 Å². The van der Waals surface area contributed by atoms with Crippen molar-refractivity contribution in [2.24, 2.45) is 5.73 Å². The van der Waals surface area contributed by atoms with E-state index in [1.807, 2.05) is 54.8 Å². The number of nitrogens with zero attached hydrogens (tertiary/aromatic N) is 1. The molecule has 0 aliphatic carbocycles. The number of pyridine rings is 1. The Balaban J connectivity index is 0.00000225. The SMILES string of the molecule is CC(C)(N)CNC(=O)Cn1c2ccccc2c(=O)c2ccccc21.Cl. The number of nitrogens with two attached hydrogens (primary N) is 1. The Morgan fingerprint density at radius 2 is 1.52 bits per heavy atom. The van der Waals surface area contributed by atoms with Crippen LogP contribution in [0.4, 0.5) is 0 Å². The highest BCUT2D eigenvalue weighted by molar-refractivity contribution is 5.94. The molecular weight excluding hydrogens is 338 g/mol. The molecule has 0 fully saturated rings. The molecule has 132 valence electrons. The number of carbonyl (C=O) groups is 1. The maximum atomic E-state index is 12.7. The smallest absolute Gasteiger partial charge is 0.240 e. The molecular formula is C19H22ClN3O2. The first kappa shape index (κ1) is 19.0. The molecule has 0 radical (unpaired) electrons. The number of halogens is 1. The maximum absolute atomic E-state index is 12.7. The highest BCUT2D eigenvalue weighted by Gasteiger charge is 2.15. The zero-order chi connectivity index (χ0) is 17.3. The summed E-state index contributed by atoms with van der Waals surface area (Å²) in [5.74, 6) is -0.132. The second-order valence-corrected chi connectivity index (χ2v) is 6.71. The van der Waals surface area contributed by atoms with E-state index in [9.17, 15) is 9.59 Å². The lowest BCUT2D eigenvalue weighted by molar-refractivity contribution is -0.121. The van der Waals surface area contributed by atoms with Gasteiger partial charge in [-0.05, 0) is 38.1 Å². The van der Waals surface area contributed by atoms with Gasteiger partial charge in [0.2, 0.25) is 5.91 Å². The molecule has 1 heterocycles. The standard InChI is InChI=1S/C19H21N3O2.ClH/c1-19(2,20)12-21-17(23)11-22-15-9-5-3-7-13(15)18(24)14-8-4-6-10-16(14)22;/h3-10H,11-12,20H2,1-2H3,(H,21,23);1H. The van der Waals surface area contributed by atoms with Crippen LogP contribution in [-0.2, 0) is 11.3 Å². The Morgan fingerprint density at radius 1 is 1.04 bits per heavy atom. The van der Waals surface area contributed by atoms with Crippen LogP contribution < -0.4 is 16.5 Å². The third kappa shape index (κ3) is 4.00. The van der Waals surface area contributed by atoms with Gasteiger partial charge in [0.25, 0.3) is 0 Å². The number of amides is 1. The predicted octanol–water partition coefficient (Wildman–Crippen LogP) is 2.43. The zero-order valence-corrected chi connectivity index (χ0v) is 15.1. The Morgan fingerprint density at radius 3 is 2.00 bits per heavy atom. The summed E-state index contributed by atoms with van der Waals surface area (Å²) in [6, 6.07) is 14.7. The van der Waals surface area contributed by atoms with E-state index in [2.05, 4.69) is 5.32 Å². The van der Waals surface area contributed by atoms with Gasteiger partial charge < -0.3 is 15.6 Å². The summed E-state index contributed by atoms with van der Waals surface area (Å²) in [6.45, 7) is 4.24. The van der Waals surface area contributed by atoms with E-state index in [1.165, 1.54) is 0 Å². The molecule has 0 aliphatic rings. The van der Waals surface area contributed by atoms with Crippen molar-refractivity contribution >= 4 is 40.1 Å². The van der Waals surface area contributed by atoms with Crippen molar-refractivity contribution in [3.05, 3.63) is 58.8 Å². The second-order valence-electron chi connectivity index (χ2n) is 6.71. The molecule has 3 rings (SSSR count). The van der Waals surface area contributed by atoms with Crippen LogP contribution in [0.1, 0.15) is 13.8 Å². The lowest BCUT2D eigenvalue weighted by Crippen LogP contribution is -2.45. The number of para-hydroxylation sites is 2. The lowest BCUT2D eigenvalue weighted by atomic mass is 10.1. The Bertz CT molecular complexity index is 914. The molecule has 25 heavy (non-hydrogen) atoms. The number of aromatic nitrogens is 1. The van der Waals surface area contributed by atoms with Crippen LogP contribution in [0, 0.1) is 0 Å². The summed E-state index contributed by atoms with van der Waals surface area (Å²) in [6.07, 6.45) is 0. The number of hydrogen-bond acceptors (Lipinski definition) is 3. The predicted molar refractivity (Wildman–Crippen MR) is 104 cm³/mol. The van der Waals surface area contributed by atoms with Crippen LogP contribution in [0.2, 0.25) is 0 Å². The van der Waals surface area contributed by atoms with Crippen molar-refractivity contribution < 1.29 is 4.79 Å². The number of fused-ring (bicyclic) bond motifs is 2. The van der Waals surface area contributed by atoms with Crippen molar-refractivity contribution in [3.8, 4) is 0 Å². The van der Waals surface area contributed by atoms with Crippen LogP contribution in [0.3, 0.4) is 0 Å². The number of benzene rings is 2. The van der Waals surface area contributed by atoms with Gasteiger partial charge in [0.15, 0.2) is 5.43 Å². The van der Waals surface area contributed by atoms with Crippen molar-refractivity contribution in [2.45, 2.75) is 25.9 Å². The molecule has 0 atom stereocenters. The molecule has 0 saturated carbocycles. The minimum atomic E-state index is -0.469. The van der Waals surface area contributed by atoms with Crippen molar-refractivity contribution in [1.29, 1.82) is 0 Å². The van der Waals surface area contributed by atoms with Gasteiger partial charge in [-0.15, -0.1) is 12.4 Å². The summed E-state index contributed by atoms with van der Waals surface area (Å²) < 4.78 is 1.88. The van der Waals surface area contributed by atoms with Crippen LogP contribution in [0.5, 0.6) is 0 Å². The quantitative estimate of drug-likeness (QED) is 0.702. The third-order valence-electron chi connectivity index (χ3n) is 3.92. The molecule has 0 unspecified atom stereocenters. The highest BCUT2D eigenvalue weighted by atomic mass is 35.5. The second kappa shape index (κ2) is 7.25. The van der Waals surface area contributed by atoms with E-state index >= 15 is 0 Å². The summed E-state index contributed by atoms with van der Waals surface area (Å²) >= 11 is 0. The van der Waals surface area contributed by atoms with Crippen molar-refractivity contribution in [1.82, 2.24) is 9.88 Å². The molecule has 6 heteroatoms. The number of rotatable bonds is 4. The first-order valence-electron chi connectivity index (χ1n) is 7.93. The van der Waals surface area contributed by atoms with Gasteiger partial charge in [-0.3, -0.25) is 9.59 Å². The number of nitrogens with one attached hydrogen (secondary N) is 1. The Kier molecular flexibility index (Phi) is 5.50. The molecule has 0 spiro atoms. The van der Waals surface area contributed by atoms with E-state index in [0.29, 0.717) is 17.3 Å². The fourth-order valence-electron chi connectivity index (χ4n) is 2.77. The third-order valence-corrected chi connectivity index (χ3v) is 3.92. The summed E-state index contributed by atoms with van der Waals surface area (Å²) in [7, 11) is 0. The fraction of sp³-hybridized carbons (Fsp3) is 0.263. The summed E-state index contributed by atoms with van der Waals surface area (Å²) in [4.78, 5) is 25.0. The minimum absolute atomic E-state index is 0. The molecule has 3 N–H and O–H groups in total. The van der Waals surface area contributed by atoms with E-state index in [0.717, 1.165) is 11.0 Å². The molecule has 1 aromatic heterocycles. The topological polar surface area (TPSA) is 77.1 Å². The summed E-state index contributed by atoms with van der Waals surface area (Å²) in [5.41, 5.74) is 6.94. The fourth-order valence-corrected chi connectivity index (χ4v) is 2.77. The Labute approximate surface area is 152 Å². The van der Waals surface area contributed by atoms with E-state index in [1.54, 1.807) is 12.1 Å². The molecule has 3 aromatic rings. The van der Waals surface area contributed by atoms with Gasteiger partial charge in [0, 0.05) is 22.9 Å². The molecule has 5 nitrogen and oxygen atoms in total. The number of hydrogen-bond donors (Lipinski definition) is 2. The Hall–Kier alpha value is -2.37. The van der Waals surface area contributed by atoms with Crippen LogP contribution in [0.25, 0.3) is 21.8 Å². The molecule has 2 aromatic carbocycles. The van der Waals surface area contributed by atoms with Crippen LogP contribution in [0.15, 0.2) is 53.3 Å². The molecule has 0 bridgehead atoms. The number of carbonyl (C=O) groups excluding carboxylic acids is 1. The molecule has 0 aliphatic heterocycles. The van der Waals surface area contributed by atoms with Crippen molar-refractivity contribution in [2.75, 3.05) is 6.54 Å². The van der Waals surface area contributed by atoms with Gasteiger partial charge in [-0.2, -0.15) is 0 Å². The van der Waals surface area contributed by atoms with Gasteiger partial charge in [-0.1, -0.05) is 24.3 Å². The largest absolute Gasteiger partial charge is 0.353 e. The highest BCUT2D eigenvalue weighted by Crippen LogP contribution is 2.18. The summed E-state index contributed by atoms with van der Waals surface area (Å²) in [5, 5.41) is 4.08. The first-order chi connectivity index (χ1) is 11.4. The van der Waals surface area contributed by atoms with Gasteiger partial charge in [0.1, 0.15) is 6.54 Å². The zero-order valence-electron chi connectivity index (χ0n) is 14.3. The average Bonchev–Trinajstić information content (AvgIpc) is 2.56. The molecule has 0 saturated heterocycles. The van der Waals surface area contributed by atoms with Crippen molar-refractivity contribution in [3.63, 3.8) is 0 Å². The van der Waals surface area contributed by atoms with E-state index in [-0.39, 0.29) is 30.3 Å². The monoisotopic (exact) mass is 359 g/mol. The van der Waals surface area contributed by atoms with Gasteiger partial charge in [0.05, 0.1) is 11.0 Å². The maximum Gasteiger partial charge on any atom is 0.240 e. The van der Waals surface area contributed by atoms with Crippen LogP contribution >= 0.6 is 12.4 Å². The molecule has 1 amide bonds. The normalized spacial score (nSPS) is 11.3. The average molecular weight is 360 g/mol. The van der Waals surface area contributed by atoms with Gasteiger partial charge in [-0.25, -0.2) is 0 Å². The minimum Gasteiger partial charge on any atom is -0.353 e. The van der Waals surface area contributed by atoms with E-state index in [4.69, 9.17) is 5.73 Å². The van der Waals surface area contributed by atoms with E-state index < -0.39 is 5.54 Å². The first-order valence-corrected chi connectivity index (χ1v) is 7.93.